The van der Waals surface area contributed by atoms with E-state index in [1.165, 1.54) is 21.9 Å². The number of aryl methyl sites for hydroxylation is 2. The van der Waals surface area contributed by atoms with E-state index in [2.05, 4.69) is 57.3 Å². The maximum atomic E-state index is 2.30. The maximum absolute atomic E-state index is 2.30. The third kappa shape index (κ3) is 6.10. The van der Waals surface area contributed by atoms with Gasteiger partial charge in [-0.05, 0) is 6.42 Å². The fraction of sp³-hybridized carbons (Fsp3) is 0.357. The summed E-state index contributed by atoms with van der Waals surface area (Å²) in [5.41, 5.74) is 2.93. The average Bonchev–Trinajstić information content (AvgIpc) is 2.57. The number of hydrogen-bond acceptors (Lipinski definition) is 0. The maximum Gasteiger partial charge on any atom is 3.00 e. The Morgan fingerprint density at radius 3 is 2.06 bits per heavy atom. The minimum atomic E-state index is 0. The van der Waals surface area contributed by atoms with E-state index in [0.717, 1.165) is 15.9 Å². The van der Waals surface area contributed by atoms with E-state index < -0.39 is 0 Å². The molecular formula is C14H19Cl2SiZr. The summed E-state index contributed by atoms with van der Waals surface area (Å²) in [6.45, 7) is 8.72. The van der Waals surface area contributed by atoms with Crippen LogP contribution in [0.2, 0.25) is 13.1 Å². The van der Waals surface area contributed by atoms with Crippen molar-refractivity contribution in [2.24, 2.45) is 0 Å². The van der Waals surface area contributed by atoms with Gasteiger partial charge in [-0.3, -0.25) is 0 Å². The van der Waals surface area contributed by atoms with Crippen LogP contribution in [-0.2, 0) is 32.6 Å². The van der Waals surface area contributed by atoms with Gasteiger partial charge in [0, 0.05) is 9.52 Å². The van der Waals surface area contributed by atoms with Gasteiger partial charge in [0.2, 0.25) is 0 Å². The molecule has 0 heterocycles. The van der Waals surface area contributed by atoms with Crippen molar-refractivity contribution in [3.8, 4) is 0 Å². The third-order valence-corrected chi connectivity index (χ3v) is 2.56. The summed E-state index contributed by atoms with van der Waals surface area (Å²) in [6, 6.07) is 10.9. The van der Waals surface area contributed by atoms with Gasteiger partial charge in [0.1, 0.15) is 0 Å². The Hall–Kier alpha value is 0.510. The quantitative estimate of drug-likeness (QED) is 0.407. The minimum Gasteiger partial charge on any atom is -1.00 e. The van der Waals surface area contributed by atoms with Crippen LogP contribution in [0.25, 0.3) is 10.8 Å². The smallest absolute Gasteiger partial charge is 1.00 e. The molecule has 18 heavy (non-hydrogen) atoms. The van der Waals surface area contributed by atoms with Crippen molar-refractivity contribution < 1.29 is 51.0 Å². The molecule has 0 aliphatic heterocycles. The van der Waals surface area contributed by atoms with Crippen molar-refractivity contribution in [3.05, 3.63) is 41.5 Å². The minimum absolute atomic E-state index is 0. The van der Waals surface area contributed by atoms with Crippen LogP contribution in [0.4, 0.5) is 0 Å². The second-order valence-corrected chi connectivity index (χ2v) is 4.74. The number of hydrogen-bond donors (Lipinski definition) is 0. The predicted octanol–water partition coefficient (Wildman–Crippen LogP) is -1.78. The van der Waals surface area contributed by atoms with Crippen LogP contribution in [0.15, 0.2) is 30.3 Å². The van der Waals surface area contributed by atoms with Crippen LogP contribution in [-0.4, -0.2) is 9.52 Å². The van der Waals surface area contributed by atoms with Crippen LogP contribution in [0, 0.1) is 6.92 Å². The molecule has 2 aromatic carbocycles. The number of rotatable bonds is 1. The molecule has 0 fully saturated rings. The topological polar surface area (TPSA) is 0 Å². The second-order valence-electron chi connectivity index (χ2n) is 3.74. The van der Waals surface area contributed by atoms with E-state index in [9.17, 15) is 0 Å². The molecule has 0 N–H and O–H groups in total. The Balaban J connectivity index is -0.000000345. The van der Waals surface area contributed by atoms with Crippen molar-refractivity contribution in [3.63, 3.8) is 0 Å². The zero-order chi connectivity index (χ0) is 11.3. The SMILES string of the molecule is CCc1[cH-]c2ccccc2c1C.C[Si]C.[Cl-].[Cl-].[Zr+3]. The van der Waals surface area contributed by atoms with Crippen molar-refractivity contribution in [2.75, 3.05) is 0 Å². The van der Waals surface area contributed by atoms with E-state index in [-0.39, 0.29) is 51.0 Å². The normalized spacial score (nSPS) is 8.22. The molecule has 0 aliphatic rings. The number of fused-ring (bicyclic) bond motifs is 1. The number of benzene rings is 1. The predicted molar refractivity (Wildman–Crippen MR) is 71.1 cm³/mol. The van der Waals surface area contributed by atoms with Crippen molar-refractivity contribution in [2.45, 2.75) is 33.4 Å². The zero-order valence-corrected chi connectivity index (χ0v) is 16.3. The molecule has 0 aliphatic carbocycles. The van der Waals surface area contributed by atoms with Gasteiger partial charge in [-0.15, -0.1) is 40.6 Å². The summed E-state index contributed by atoms with van der Waals surface area (Å²) < 4.78 is 0. The van der Waals surface area contributed by atoms with Gasteiger partial charge in [0.05, 0.1) is 0 Å². The van der Waals surface area contributed by atoms with Crippen LogP contribution in [0.5, 0.6) is 0 Å². The summed E-state index contributed by atoms with van der Waals surface area (Å²) in [7, 11) is 1.08. The molecule has 97 valence electrons. The molecule has 0 nitrogen and oxygen atoms in total. The Bertz CT molecular complexity index is 427. The third-order valence-electron chi connectivity index (χ3n) is 2.56. The van der Waals surface area contributed by atoms with E-state index in [1.54, 1.807) is 0 Å². The standard InChI is InChI=1S/C12H13.C2H6Si.2ClH.Zr/c1-3-10-8-11-6-4-5-7-12(11)9(10)2;1-3-2;;;/h4-8H,3H2,1-2H3;1-2H3;2*1H;/q-1;;;;+3/p-2. The van der Waals surface area contributed by atoms with Crippen LogP contribution >= 0.6 is 0 Å². The van der Waals surface area contributed by atoms with Gasteiger partial charge in [-0.2, -0.15) is 5.56 Å². The molecule has 0 atom stereocenters. The first-order valence-corrected chi connectivity index (χ1v) is 7.47. The largest absolute Gasteiger partial charge is 3.00 e. The molecule has 2 aromatic rings. The van der Waals surface area contributed by atoms with Crippen LogP contribution in [0.3, 0.4) is 0 Å². The fourth-order valence-corrected chi connectivity index (χ4v) is 1.80. The molecule has 0 aromatic heterocycles. The molecule has 0 amide bonds. The average molecular weight is 378 g/mol. The number of halogens is 2. The van der Waals surface area contributed by atoms with Gasteiger partial charge in [0.15, 0.2) is 0 Å². The summed E-state index contributed by atoms with van der Waals surface area (Å²) in [5, 5.41) is 2.79. The molecule has 0 saturated heterocycles. The molecule has 0 spiro atoms. The molecule has 4 heteroatoms. The first-order chi connectivity index (χ1) is 7.24. The summed E-state index contributed by atoms with van der Waals surface area (Å²) in [4.78, 5) is 0. The Labute approximate surface area is 145 Å². The Kier molecular flexibility index (Phi) is 16.4. The first-order valence-electron chi connectivity index (χ1n) is 5.47. The summed E-state index contributed by atoms with van der Waals surface area (Å²) in [6.07, 6.45) is 1.14. The van der Waals surface area contributed by atoms with E-state index in [1.807, 2.05) is 0 Å². The Morgan fingerprint density at radius 1 is 1.11 bits per heavy atom. The van der Waals surface area contributed by atoms with Gasteiger partial charge >= 0.3 is 26.2 Å². The van der Waals surface area contributed by atoms with E-state index in [4.69, 9.17) is 0 Å². The van der Waals surface area contributed by atoms with E-state index in [0.29, 0.717) is 0 Å². The van der Waals surface area contributed by atoms with Crippen molar-refractivity contribution in [1.82, 2.24) is 0 Å². The molecule has 0 unspecified atom stereocenters. The van der Waals surface area contributed by atoms with Crippen LogP contribution in [0.1, 0.15) is 18.1 Å². The molecule has 2 rings (SSSR count). The molecule has 3 radical (unpaired) electrons. The summed E-state index contributed by atoms with van der Waals surface area (Å²) >= 11 is 0. The zero-order valence-electron chi connectivity index (χ0n) is 11.3. The first kappa shape index (κ1) is 23.6. The van der Waals surface area contributed by atoms with Gasteiger partial charge in [-0.1, -0.05) is 33.0 Å². The molecule has 0 bridgehead atoms. The monoisotopic (exact) mass is 375 g/mol. The van der Waals surface area contributed by atoms with Gasteiger partial charge in [0.25, 0.3) is 0 Å². The van der Waals surface area contributed by atoms with Crippen molar-refractivity contribution >= 4 is 20.3 Å². The van der Waals surface area contributed by atoms with Crippen LogP contribution < -0.4 is 24.8 Å². The Morgan fingerprint density at radius 2 is 1.61 bits per heavy atom. The molecule has 0 saturated carbocycles. The second kappa shape index (κ2) is 12.5. The fourth-order valence-electron chi connectivity index (χ4n) is 1.80. The van der Waals surface area contributed by atoms with Crippen molar-refractivity contribution in [1.29, 1.82) is 0 Å². The molecular weight excluding hydrogens is 358 g/mol. The summed E-state index contributed by atoms with van der Waals surface area (Å²) in [5.74, 6) is 0. The van der Waals surface area contributed by atoms with Gasteiger partial charge < -0.3 is 24.8 Å². The van der Waals surface area contributed by atoms with E-state index >= 15 is 0 Å². The van der Waals surface area contributed by atoms with Gasteiger partial charge in [-0.25, -0.2) is 0 Å².